The standard InChI is InChI=1S/C35H35N3O4S/c1-4-26-14-9-11-24(3)33(26)38-32(39)23-43-30-16-10-15-28(22-30)36-35(41)31(37-34(40)27-12-7-6-8-13-27)21-25-17-19-29(20-18-25)42-5-2/h6-22H,4-5,23H2,1-3H3,(H,36,41)(H,37,40)(H,38,39)/b31-21+. The van der Waals surface area contributed by atoms with Crippen molar-refractivity contribution in [1.82, 2.24) is 5.32 Å². The van der Waals surface area contributed by atoms with Crippen molar-refractivity contribution in [2.45, 2.75) is 32.1 Å². The highest BCUT2D eigenvalue weighted by molar-refractivity contribution is 8.00. The molecule has 0 unspecified atom stereocenters. The maximum atomic E-state index is 13.4. The van der Waals surface area contributed by atoms with Crippen LogP contribution in [0.2, 0.25) is 0 Å². The number of hydrogen-bond donors (Lipinski definition) is 3. The molecule has 0 aliphatic heterocycles. The Morgan fingerprint density at radius 2 is 1.58 bits per heavy atom. The van der Waals surface area contributed by atoms with E-state index in [1.165, 1.54) is 11.8 Å². The number of aryl methyl sites for hydroxylation is 2. The first-order valence-electron chi connectivity index (χ1n) is 14.1. The highest BCUT2D eigenvalue weighted by Gasteiger charge is 2.16. The molecule has 0 saturated carbocycles. The molecule has 0 saturated heterocycles. The summed E-state index contributed by atoms with van der Waals surface area (Å²) in [5.74, 6) is -0.0579. The molecule has 0 radical (unpaired) electrons. The third kappa shape index (κ3) is 9.08. The molecule has 0 aliphatic carbocycles. The topological polar surface area (TPSA) is 96.5 Å². The summed E-state index contributed by atoms with van der Waals surface area (Å²) in [4.78, 5) is 40.0. The molecule has 0 fully saturated rings. The van der Waals surface area contributed by atoms with Crippen molar-refractivity contribution >= 4 is 46.9 Å². The van der Waals surface area contributed by atoms with Crippen molar-refractivity contribution in [3.63, 3.8) is 0 Å². The summed E-state index contributed by atoms with van der Waals surface area (Å²) in [6, 6.07) is 29.2. The van der Waals surface area contributed by atoms with Crippen LogP contribution in [0.15, 0.2) is 108 Å². The van der Waals surface area contributed by atoms with Gasteiger partial charge in [0.25, 0.3) is 11.8 Å². The largest absolute Gasteiger partial charge is 0.494 e. The van der Waals surface area contributed by atoms with Gasteiger partial charge in [-0.2, -0.15) is 0 Å². The monoisotopic (exact) mass is 593 g/mol. The van der Waals surface area contributed by atoms with E-state index in [1.807, 2.05) is 74.5 Å². The first-order chi connectivity index (χ1) is 20.9. The minimum Gasteiger partial charge on any atom is -0.494 e. The second kappa shape index (κ2) is 15.4. The molecular weight excluding hydrogens is 558 g/mol. The summed E-state index contributed by atoms with van der Waals surface area (Å²) < 4.78 is 5.51. The lowest BCUT2D eigenvalue weighted by Gasteiger charge is -2.13. The minimum atomic E-state index is -0.482. The fourth-order valence-electron chi connectivity index (χ4n) is 4.32. The Balaban J connectivity index is 1.46. The van der Waals surface area contributed by atoms with E-state index in [9.17, 15) is 14.4 Å². The first kappa shape index (κ1) is 31.1. The SMILES string of the molecule is CCOc1ccc(/C=C(/NC(=O)c2ccccc2)C(=O)Nc2cccc(SCC(=O)Nc3c(C)cccc3CC)c2)cc1. The lowest BCUT2D eigenvalue weighted by Crippen LogP contribution is -2.30. The molecule has 0 aliphatic rings. The first-order valence-corrected chi connectivity index (χ1v) is 15.1. The predicted molar refractivity (Wildman–Crippen MR) is 174 cm³/mol. The van der Waals surface area contributed by atoms with Crippen LogP contribution in [0.5, 0.6) is 5.75 Å². The van der Waals surface area contributed by atoms with Gasteiger partial charge in [0.05, 0.1) is 12.4 Å². The summed E-state index contributed by atoms with van der Waals surface area (Å²) in [6.07, 6.45) is 2.44. The van der Waals surface area contributed by atoms with Gasteiger partial charge in [-0.1, -0.05) is 61.5 Å². The van der Waals surface area contributed by atoms with Crippen molar-refractivity contribution in [1.29, 1.82) is 0 Å². The Labute approximate surface area is 256 Å². The van der Waals surface area contributed by atoms with E-state index in [0.717, 1.165) is 33.7 Å². The maximum absolute atomic E-state index is 13.4. The molecule has 4 rings (SSSR count). The lowest BCUT2D eigenvalue weighted by atomic mass is 10.1. The molecule has 0 atom stereocenters. The van der Waals surface area contributed by atoms with Crippen LogP contribution >= 0.6 is 11.8 Å². The molecule has 0 spiro atoms. The van der Waals surface area contributed by atoms with Crippen LogP contribution in [-0.4, -0.2) is 30.1 Å². The number of anilines is 2. The van der Waals surface area contributed by atoms with E-state index >= 15 is 0 Å². The highest BCUT2D eigenvalue weighted by atomic mass is 32.2. The van der Waals surface area contributed by atoms with Crippen LogP contribution in [0.1, 0.15) is 40.9 Å². The second-order valence-corrected chi connectivity index (χ2v) is 10.7. The number of ether oxygens (including phenoxy) is 1. The second-order valence-electron chi connectivity index (χ2n) is 9.66. The summed E-state index contributed by atoms with van der Waals surface area (Å²) in [7, 11) is 0. The quantitative estimate of drug-likeness (QED) is 0.120. The third-order valence-electron chi connectivity index (χ3n) is 6.50. The van der Waals surface area contributed by atoms with Crippen LogP contribution in [0.3, 0.4) is 0 Å². The van der Waals surface area contributed by atoms with Crippen LogP contribution in [0.25, 0.3) is 6.08 Å². The molecule has 4 aromatic rings. The number of rotatable bonds is 12. The number of hydrogen-bond acceptors (Lipinski definition) is 5. The average molecular weight is 594 g/mol. The molecule has 4 aromatic carbocycles. The molecule has 3 N–H and O–H groups in total. The summed E-state index contributed by atoms with van der Waals surface area (Å²) >= 11 is 1.37. The molecule has 0 heterocycles. The lowest BCUT2D eigenvalue weighted by molar-refractivity contribution is -0.114. The van der Waals surface area contributed by atoms with Crippen molar-refractivity contribution in [2.24, 2.45) is 0 Å². The molecule has 0 aromatic heterocycles. The van der Waals surface area contributed by atoms with Gasteiger partial charge in [-0.15, -0.1) is 11.8 Å². The highest BCUT2D eigenvalue weighted by Crippen LogP contribution is 2.25. The van der Waals surface area contributed by atoms with E-state index in [1.54, 1.807) is 42.5 Å². The van der Waals surface area contributed by atoms with Gasteiger partial charge in [0, 0.05) is 21.8 Å². The normalized spacial score (nSPS) is 11.0. The number of carbonyl (C=O) groups excluding carboxylic acids is 3. The number of para-hydroxylation sites is 1. The summed E-state index contributed by atoms with van der Waals surface area (Å²) in [5, 5.41) is 8.68. The van der Waals surface area contributed by atoms with Gasteiger partial charge in [-0.05, 0) is 85.5 Å². The Morgan fingerprint density at radius 3 is 2.30 bits per heavy atom. The Kier molecular flexibility index (Phi) is 11.2. The maximum Gasteiger partial charge on any atom is 0.272 e. The van der Waals surface area contributed by atoms with Gasteiger partial charge in [-0.3, -0.25) is 14.4 Å². The number of nitrogens with one attached hydrogen (secondary N) is 3. The smallest absolute Gasteiger partial charge is 0.272 e. The number of amides is 3. The minimum absolute atomic E-state index is 0.0837. The van der Waals surface area contributed by atoms with E-state index in [-0.39, 0.29) is 17.4 Å². The van der Waals surface area contributed by atoms with Gasteiger partial charge in [0.15, 0.2) is 0 Å². The fraction of sp³-hybridized carbons (Fsp3) is 0.171. The Hall–Kier alpha value is -4.82. The van der Waals surface area contributed by atoms with Crippen LogP contribution < -0.4 is 20.7 Å². The van der Waals surface area contributed by atoms with E-state index < -0.39 is 11.8 Å². The molecule has 220 valence electrons. The zero-order valence-electron chi connectivity index (χ0n) is 24.5. The van der Waals surface area contributed by atoms with Crippen molar-refractivity contribution in [2.75, 3.05) is 23.0 Å². The van der Waals surface area contributed by atoms with Crippen molar-refractivity contribution in [3.05, 3.63) is 125 Å². The van der Waals surface area contributed by atoms with E-state index in [4.69, 9.17) is 4.74 Å². The average Bonchev–Trinajstić information content (AvgIpc) is 3.02. The molecule has 3 amide bonds. The van der Waals surface area contributed by atoms with Crippen molar-refractivity contribution < 1.29 is 19.1 Å². The molecule has 8 heteroatoms. The van der Waals surface area contributed by atoms with Gasteiger partial charge in [-0.25, -0.2) is 0 Å². The molecule has 43 heavy (non-hydrogen) atoms. The Bertz CT molecular complexity index is 1600. The van der Waals surface area contributed by atoms with Crippen molar-refractivity contribution in [3.8, 4) is 5.75 Å². The Morgan fingerprint density at radius 1 is 0.837 bits per heavy atom. The van der Waals surface area contributed by atoms with Gasteiger partial charge in [0.1, 0.15) is 11.4 Å². The van der Waals surface area contributed by atoms with Gasteiger partial charge in [0.2, 0.25) is 5.91 Å². The van der Waals surface area contributed by atoms with Crippen LogP contribution in [0, 0.1) is 6.92 Å². The summed E-state index contributed by atoms with van der Waals surface area (Å²) in [5.41, 5.74) is 4.75. The fourth-order valence-corrected chi connectivity index (χ4v) is 5.08. The van der Waals surface area contributed by atoms with Gasteiger partial charge >= 0.3 is 0 Å². The van der Waals surface area contributed by atoms with Crippen LogP contribution in [0.4, 0.5) is 11.4 Å². The molecule has 7 nitrogen and oxygen atoms in total. The number of carbonyl (C=O) groups is 3. The summed E-state index contributed by atoms with van der Waals surface area (Å²) in [6.45, 7) is 6.50. The number of benzene rings is 4. The zero-order valence-corrected chi connectivity index (χ0v) is 25.3. The van der Waals surface area contributed by atoms with E-state index in [0.29, 0.717) is 23.6 Å². The molecular formula is C35H35N3O4S. The third-order valence-corrected chi connectivity index (χ3v) is 7.49. The molecule has 0 bridgehead atoms. The van der Waals surface area contributed by atoms with E-state index in [2.05, 4.69) is 22.9 Å². The van der Waals surface area contributed by atoms with Crippen LogP contribution in [-0.2, 0) is 16.0 Å². The zero-order chi connectivity index (χ0) is 30.6. The number of thioether (sulfide) groups is 1. The predicted octanol–water partition coefficient (Wildman–Crippen LogP) is 7.10. The van der Waals surface area contributed by atoms with Gasteiger partial charge < -0.3 is 20.7 Å².